The predicted octanol–water partition coefficient (Wildman–Crippen LogP) is 3.72. The number of piperidine rings is 1. The van der Waals surface area contributed by atoms with Gasteiger partial charge in [-0.2, -0.15) is 0 Å². The molecule has 0 spiro atoms. The van der Waals surface area contributed by atoms with Gasteiger partial charge in [-0.05, 0) is 42.5 Å². The number of hydrogen-bond acceptors (Lipinski definition) is 5. The van der Waals surface area contributed by atoms with E-state index in [1.165, 1.54) is 0 Å². The third-order valence-electron chi connectivity index (χ3n) is 4.37. The number of likely N-dealkylation sites (tertiary alicyclic amines) is 1. The van der Waals surface area contributed by atoms with Crippen molar-refractivity contribution < 1.29 is 14.6 Å². The van der Waals surface area contributed by atoms with Crippen molar-refractivity contribution in [1.29, 1.82) is 0 Å². The summed E-state index contributed by atoms with van der Waals surface area (Å²) in [5.41, 5.74) is 6.59. The van der Waals surface area contributed by atoms with Crippen molar-refractivity contribution in [3.05, 3.63) is 52.5 Å². The first-order valence-electron chi connectivity index (χ1n) is 8.88. The molecule has 3 rings (SSSR count). The lowest BCUT2D eigenvalue weighted by atomic mass is 10.1. The van der Waals surface area contributed by atoms with Crippen LogP contribution in [-0.2, 0) is 0 Å². The molecule has 1 atom stereocenters. The van der Waals surface area contributed by atoms with Crippen LogP contribution in [0.5, 0.6) is 5.75 Å². The van der Waals surface area contributed by atoms with E-state index in [0.717, 1.165) is 18.6 Å². The molecule has 1 aliphatic heterocycles. The molecule has 5 N–H and O–H groups in total. The van der Waals surface area contributed by atoms with E-state index in [2.05, 4.69) is 10.6 Å². The van der Waals surface area contributed by atoms with E-state index in [0.29, 0.717) is 34.5 Å². The lowest BCUT2D eigenvalue weighted by Crippen LogP contribution is -2.43. The summed E-state index contributed by atoms with van der Waals surface area (Å²) in [5, 5.41) is 15.5. The Labute approximate surface area is 173 Å². The molecule has 7 nitrogen and oxygen atoms in total. The zero-order valence-electron chi connectivity index (χ0n) is 15.1. The number of ether oxygens (including phenoxy) is 1. The normalized spacial score (nSPS) is 15.8. The summed E-state index contributed by atoms with van der Waals surface area (Å²) in [6.45, 7) is 1.19. The molecule has 0 aliphatic carbocycles. The van der Waals surface area contributed by atoms with Gasteiger partial charge in [0.1, 0.15) is 11.9 Å². The van der Waals surface area contributed by atoms with Crippen LogP contribution in [0.1, 0.15) is 12.8 Å². The molecular formula is C19H22Cl2N4O3. The number of rotatable bonds is 5. The standard InChI is InChI=1S/C19H22Cl2N4O3/c20-16-6-3-13(11-17(16)21)24-19(27)25-9-7-15(8-10-25)28-14-4-1-12(2-5-14)23-18(22)26/h1-6,11,15,18,23,26H,7-10,22H2,(H,24,27). The second-order valence-electron chi connectivity index (χ2n) is 6.48. The molecule has 1 aliphatic rings. The van der Waals surface area contributed by atoms with Gasteiger partial charge in [-0.1, -0.05) is 23.2 Å². The third-order valence-corrected chi connectivity index (χ3v) is 5.11. The summed E-state index contributed by atoms with van der Waals surface area (Å²) in [4.78, 5) is 14.2. The second kappa shape index (κ2) is 9.34. The van der Waals surface area contributed by atoms with Gasteiger partial charge in [0.05, 0.1) is 10.0 Å². The molecule has 0 radical (unpaired) electrons. The van der Waals surface area contributed by atoms with Crippen molar-refractivity contribution in [2.75, 3.05) is 23.7 Å². The van der Waals surface area contributed by atoms with Gasteiger partial charge >= 0.3 is 6.03 Å². The number of aliphatic hydroxyl groups excluding tert-OH is 1. The number of carbonyl (C=O) groups is 1. The number of aliphatic hydroxyl groups is 1. The average molecular weight is 425 g/mol. The molecule has 2 amide bonds. The fourth-order valence-electron chi connectivity index (χ4n) is 2.95. The van der Waals surface area contributed by atoms with Gasteiger partial charge in [-0.3, -0.25) is 5.73 Å². The highest BCUT2D eigenvalue weighted by Gasteiger charge is 2.24. The van der Waals surface area contributed by atoms with Crippen LogP contribution < -0.4 is 21.1 Å². The van der Waals surface area contributed by atoms with Crippen molar-refractivity contribution in [1.82, 2.24) is 4.90 Å². The van der Waals surface area contributed by atoms with Crippen molar-refractivity contribution in [2.45, 2.75) is 25.3 Å². The Morgan fingerprint density at radius 3 is 2.36 bits per heavy atom. The molecule has 0 aromatic heterocycles. The van der Waals surface area contributed by atoms with Crippen molar-refractivity contribution in [2.24, 2.45) is 5.73 Å². The molecule has 2 aromatic rings. The van der Waals surface area contributed by atoms with Crippen LogP contribution in [0.4, 0.5) is 16.2 Å². The van der Waals surface area contributed by atoms with E-state index in [1.807, 2.05) is 12.1 Å². The van der Waals surface area contributed by atoms with Crippen LogP contribution in [0.25, 0.3) is 0 Å². The van der Waals surface area contributed by atoms with Gasteiger partial charge in [-0.15, -0.1) is 0 Å². The highest BCUT2D eigenvalue weighted by atomic mass is 35.5. The molecule has 9 heteroatoms. The second-order valence-corrected chi connectivity index (χ2v) is 7.29. The minimum atomic E-state index is -1.11. The van der Waals surface area contributed by atoms with Crippen LogP contribution in [0.15, 0.2) is 42.5 Å². The van der Waals surface area contributed by atoms with Crippen molar-refractivity contribution in [3.63, 3.8) is 0 Å². The molecule has 1 saturated heterocycles. The topological polar surface area (TPSA) is 99.8 Å². The largest absolute Gasteiger partial charge is 0.490 e. The summed E-state index contributed by atoms with van der Waals surface area (Å²) in [7, 11) is 0. The number of carbonyl (C=O) groups excluding carboxylic acids is 1. The molecule has 150 valence electrons. The SMILES string of the molecule is NC(O)Nc1ccc(OC2CCN(C(=O)Nc3ccc(Cl)c(Cl)c3)CC2)cc1. The molecule has 2 aromatic carbocycles. The van der Waals surface area contributed by atoms with Crippen LogP contribution in [0, 0.1) is 0 Å². The number of benzene rings is 2. The molecule has 1 unspecified atom stereocenters. The van der Waals surface area contributed by atoms with Gasteiger partial charge in [0.2, 0.25) is 0 Å². The first kappa shape index (κ1) is 20.5. The lowest BCUT2D eigenvalue weighted by Gasteiger charge is -2.32. The number of hydrogen-bond donors (Lipinski definition) is 4. The number of amides is 2. The average Bonchev–Trinajstić information content (AvgIpc) is 2.66. The molecular weight excluding hydrogens is 403 g/mol. The van der Waals surface area contributed by atoms with Gasteiger partial charge in [0.25, 0.3) is 0 Å². The first-order chi connectivity index (χ1) is 13.4. The number of nitrogens with two attached hydrogens (primary N) is 1. The van der Waals surface area contributed by atoms with Gasteiger partial charge < -0.3 is 25.4 Å². The first-order valence-corrected chi connectivity index (χ1v) is 9.64. The number of urea groups is 1. The Morgan fingerprint density at radius 1 is 1.11 bits per heavy atom. The molecule has 1 heterocycles. The van der Waals surface area contributed by atoms with Crippen molar-refractivity contribution >= 4 is 40.6 Å². The quantitative estimate of drug-likeness (QED) is 0.548. The lowest BCUT2D eigenvalue weighted by molar-refractivity contribution is 0.115. The summed E-state index contributed by atoms with van der Waals surface area (Å²) in [5.74, 6) is 0.732. The smallest absolute Gasteiger partial charge is 0.321 e. The van der Waals surface area contributed by atoms with Gasteiger partial charge in [0.15, 0.2) is 6.35 Å². The summed E-state index contributed by atoms with van der Waals surface area (Å²) >= 11 is 11.9. The van der Waals surface area contributed by atoms with E-state index >= 15 is 0 Å². The summed E-state index contributed by atoms with van der Waals surface area (Å²) in [6, 6.07) is 12.0. The Kier molecular flexibility index (Phi) is 6.85. The highest BCUT2D eigenvalue weighted by Crippen LogP contribution is 2.26. The van der Waals surface area contributed by atoms with Gasteiger partial charge in [0, 0.05) is 37.3 Å². The Bertz CT molecular complexity index is 809. The molecule has 1 fully saturated rings. The van der Waals surface area contributed by atoms with Crippen LogP contribution in [0.3, 0.4) is 0 Å². The molecule has 0 bridgehead atoms. The van der Waals surface area contributed by atoms with E-state index in [4.69, 9.17) is 38.8 Å². The maximum Gasteiger partial charge on any atom is 0.321 e. The third kappa shape index (κ3) is 5.65. The fraction of sp³-hybridized carbons (Fsp3) is 0.316. The zero-order valence-corrected chi connectivity index (χ0v) is 16.6. The Hall–Kier alpha value is -2.19. The fourth-order valence-corrected chi connectivity index (χ4v) is 3.24. The number of halogens is 2. The molecule has 28 heavy (non-hydrogen) atoms. The molecule has 0 saturated carbocycles. The van der Waals surface area contributed by atoms with Gasteiger partial charge in [-0.25, -0.2) is 4.79 Å². The number of nitrogens with zero attached hydrogens (tertiary/aromatic N) is 1. The van der Waals surface area contributed by atoms with Crippen LogP contribution >= 0.6 is 23.2 Å². The van der Waals surface area contributed by atoms with E-state index < -0.39 is 6.35 Å². The number of nitrogens with one attached hydrogen (secondary N) is 2. The summed E-state index contributed by atoms with van der Waals surface area (Å²) < 4.78 is 5.98. The zero-order chi connectivity index (χ0) is 20.1. The van der Waals surface area contributed by atoms with Crippen LogP contribution in [0.2, 0.25) is 10.0 Å². The summed E-state index contributed by atoms with van der Waals surface area (Å²) in [6.07, 6.45) is 0.395. The minimum Gasteiger partial charge on any atom is -0.490 e. The maximum absolute atomic E-state index is 12.4. The Morgan fingerprint density at radius 2 is 1.75 bits per heavy atom. The Balaban J connectivity index is 1.47. The predicted molar refractivity (Wildman–Crippen MR) is 111 cm³/mol. The van der Waals surface area contributed by atoms with E-state index in [1.54, 1.807) is 35.2 Å². The van der Waals surface area contributed by atoms with Crippen molar-refractivity contribution in [3.8, 4) is 5.75 Å². The van der Waals surface area contributed by atoms with E-state index in [-0.39, 0.29) is 12.1 Å². The monoisotopic (exact) mass is 424 g/mol. The van der Waals surface area contributed by atoms with E-state index in [9.17, 15) is 4.79 Å². The van der Waals surface area contributed by atoms with Crippen LogP contribution in [-0.4, -0.2) is 41.6 Å². The highest BCUT2D eigenvalue weighted by molar-refractivity contribution is 6.42. The minimum absolute atomic E-state index is 0.0351. The number of anilines is 2. The maximum atomic E-state index is 12.4.